The van der Waals surface area contributed by atoms with Gasteiger partial charge in [0.05, 0.1) is 36.0 Å². The maximum Gasteiger partial charge on any atom is 0.157 e. The molecule has 2 rings (SSSR count). The highest BCUT2D eigenvalue weighted by atomic mass is 32.1. The first-order valence-electron chi connectivity index (χ1n) is 7.73. The summed E-state index contributed by atoms with van der Waals surface area (Å²) in [5.41, 5.74) is 1.94. The van der Waals surface area contributed by atoms with E-state index in [2.05, 4.69) is 6.07 Å². The number of nitrogens with zero attached hydrogens (tertiary/aromatic N) is 2. The average molecular weight is 344 g/mol. The molecular weight excluding hydrogens is 324 g/mol. The van der Waals surface area contributed by atoms with Crippen LogP contribution in [-0.4, -0.2) is 43.0 Å². The van der Waals surface area contributed by atoms with E-state index in [4.69, 9.17) is 27.0 Å². The van der Waals surface area contributed by atoms with E-state index in [9.17, 15) is 4.79 Å². The Balaban J connectivity index is 2.54. The number of methoxy groups -OCH3 is 2. The summed E-state index contributed by atoms with van der Waals surface area (Å²) in [6, 6.07) is 7.26. The number of nitriles is 1. The summed E-state index contributed by atoms with van der Waals surface area (Å²) in [5, 5.41) is 9.07. The topological polar surface area (TPSA) is 62.6 Å². The lowest BCUT2D eigenvalue weighted by atomic mass is 10.0. The zero-order valence-electron chi connectivity index (χ0n) is 13.9. The molecule has 0 spiro atoms. The number of carbonyl (C=O) groups is 1. The van der Waals surface area contributed by atoms with Gasteiger partial charge in [-0.3, -0.25) is 4.79 Å². The van der Waals surface area contributed by atoms with Crippen LogP contribution in [0.4, 0.5) is 0 Å². The Bertz CT molecular complexity index is 707. The van der Waals surface area contributed by atoms with E-state index in [-0.39, 0.29) is 5.78 Å². The fourth-order valence-corrected chi connectivity index (χ4v) is 2.94. The number of hydrogen-bond acceptors (Lipinski definition) is 5. The molecule has 1 aliphatic heterocycles. The van der Waals surface area contributed by atoms with Crippen LogP contribution in [0.1, 0.15) is 30.4 Å². The van der Waals surface area contributed by atoms with Crippen molar-refractivity contribution < 1.29 is 14.3 Å². The van der Waals surface area contributed by atoms with Gasteiger partial charge in [-0.1, -0.05) is 12.2 Å². The molecule has 0 fully saturated rings. The van der Waals surface area contributed by atoms with E-state index in [1.807, 2.05) is 4.90 Å². The molecule has 0 atom stereocenters. The van der Waals surface area contributed by atoms with Crippen LogP contribution >= 0.6 is 12.2 Å². The number of carbonyl (C=O) groups excluding carboxylic acids is 1. The highest BCUT2D eigenvalue weighted by Crippen LogP contribution is 2.31. The SMILES string of the molecule is COCCN1C(=S)CCCC(=O)/C=C\1c1ccc(C#N)cc1OC. The van der Waals surface area contributed by atoms with Crippen LogP contribution in [0.25, 0.3) is 5.70 Å². The molecule has 6 heteroatoms. The number of ketones is 1. The molecule has 5 nitrogen and oxygen atoms in total. The van der Waals surface area contributed by atoms with Gasteiger partial charge in [-0.05, 0) is 31.0 Å². The molecule has 1 aliphatic rings. The molecule has 0 N–H and O–H groups in total. The molecule has 0 aliphatic carbocycles. The van der Waals surface area contributed by atoms with Crippen LogP contribution in [0.2, 0.25) is 0 Å². The summed E-state index contributed by atoms with van der Waals surface area (Å²) in [6.45, 7) is 1.04. The molecule has 1 aromatic rings. The molecule has 126 valence electrons. The van der Waals surface area contributed by atoms with Gasteiger partial charge in [0.2, 0.25) is 0 Å². The molecule has 0 radical (unpaired) electrons. The first-order chi connectivity index (χ1) is 11.6. The summed E-state index contributed by atoms with van der Waals surface area (Å²) < 4.78 is 10.6. The summed E-state index contributed by atoms with van der Waals surface area (Å²) in [6.07, 6.45) is 3.52. The molecular formula is C18H20N2O3S. The number of allylic oxidation sites excluding steroid dienone is 1. The standard InChI is InChI=1S/C18H20N2O3S/c1-22-9-8-20-16(11-14(21)4-3-5-18(20)24)15-7-6-13(12-19)10-17(15)23-2/h6-7,10-11H,3-5,8-9H2,1-2H3/b16-11-. The van der Waals surface area contributed by atoms with E-state index in [1.165, 1.54) is 0 Å². The minimum absolute atomic E-state index is 0.0568. The highest BCUT2D eigenvalue weighted by Gasteiger charge is 2.22. The van der Waals surface area contributed by atoms with Crippen LogP contribution in [0.3, 0.4) is 0 Å². The summed E-state index contributed by atoms with van der Waals surface area (Å²) in [4.78, 5) is 14.9. The molecule has 24 heavy (non-hydrogen) atoms. The van der Waals surface area contributed by atoms with Crippen LogP contribution in [0.5, 0.6) is 5.75 Å². The third-order valence-corrected chi connectivity index (χ3v) is 4.25. The predicted octanol–water partition coefficient (Wildman–Crippen LogP) is 2.94. The van der Waals surface area contributed by atoms with E-state index in [0.29, 0.717) is 43.0 Å². The van der Waals surface area contributed by atoms with Gasteiger partial charge in [-0.15, -0.1) is 0 Å². The van der Waals surface area contributed by atoms with Crippen molar-refractivity contribution in [1.29, 1.82) is 5.26 Å². The molecule has 0 aromatic heterocycles. The van der Waals surface area contributed by atoms with Crippen LogP contribution < -0.4 is 4.74 Å². The second-order valence-corrected chi connectivity index (χ2v) is 5.89. The van der Waals surface area contributed by atoms with Crippen molar-refractivity contribution in [1.82, 2.24) is 4.90 Å². The number of hydrogen-bond donors (Lipinski definition) is 0. The van der Waals surface area contributed by atoms with Crippen molar-refractivity contribution in [3.8, 4) is 11.8 Å². The maximum absolute atomic E-state index is 12.2. The van der Waals surface area contributed by atoms with Crippen molar-refractivity contribution in [2.75, 3.05) is 27.4 Å². The first kappa shape index (κ1) is 18.1. The van der Waals surface area contributed by atoms with Gasteiger partial charge >= 0.3 is 0 Å². The fraction of sp³-hybridized carbons (Fsp3) is 0.389. The van der Waals surface area contributed by atoms with Gasteiger partial charge in [0, 0.05) is 31.7 Å². The second-order valence-electron chi connectivity index (χ2n) is 5.41. The number of benzene rings is 1. The Morgan fingerprint density at radius 3 is 2.79 bits per heavy atom. The third-order valence-electron chi connectivity index (χ3n) is 3.83. The summed E-state index contributed by atoms with van der Waals surface area (Å²) in [7, 11) is 3.17. The smallest absolute Gasteiger partial charge is 0.157 e. The first-order valence-corrected chi connectivity index (χ1v) is 8.14. The van der Waals surface area contributed by atoms with Gasteiger partial charge in [-0.25, -0.2) is 0 Å². The van der Waals surface area contributed by atoms with Gasteiger partial charge in [-0.2, -0.15) is 5.26 Å². The Labute approximate surface area is 147 Å². The quantitative estimate of drug-likeness (QED) is 0.765. The zero-order chi connectivity index (χ0) is 17.5. The number of ether oxygens (including phenoxy) is 2. The van der Waals surface area contributed by atoms with E-state index in [1.54, 1.807) is 38.5 Å². The Morgan fingerprint density at radius 1 is 1.33 bits per heavy atom. The predicted molar refractivity (Wildman–Crippen MR) is 95.7 cm³/mol. The molecule has 0 saturated heterocycles. The Morgan fingerprint density at radius 2 is 2.12 bits per heavy atom. The Hall–Kier alpha value is -2.23. The molecule has 0 unspecified atom stereocenters. The monoisotopic (exact) mass is 344 g/mol. The van der Waals surface area contributed by atoms with Gasteiger partial charge in [0.25, 0.3) is 0 Å². The second kappa shape index (κ2) is 8.57. The van der Waals surface area contributed by atoms with Crippen LogP contribution in [0.15, 0.2) is 24.3 Å². The normalized spacial score (nSPS) is 17.5. The van der Waals surface area contributed by atoms with Gasteiger partial charge < -0.3 is 14.4 Å². The molecule has 1 aromatic carbocycles. The van der Waals surface area contributed by atoms with Crippen molar-refractivity contribution in [2.24, 2.45) is 0 Å². The minimum Gasteiger partial charge on any atom is -0.496 e. The Kier molecular flexibility index (Phi) is 6.47. The van der Waals surface area contributed by atoms with Crippen molar-refractivity contribution in [3.05, 3.63) is 35.4 Å². The zero-order valence-corrected chi connectivity index (χ0v) is 14.7. The van der Waals surface area contributed by atoms with E-state index in [0.717, 1.165) is 17.0 Å². The molecule has 0 saturated carbocycles. The lowest BCUT2D eigenvalue weighted by molar-refractivity contribution is -0.114. The molecule has 1 heterocycles. The van der Waals surface area contributed by atoms with Crippen LogP contribution in [0, 0.1) is 11.3 Å². The lowest BCUT2D eigenvalue weighted by Crippen LogP contribution is -2.33. The summed E-state index contributed by atoms with van der Waals surface area (Å²) >= 11 is 5.56. The minimum atomic E-state index is 0.0568. The highest BCUT2D eigenvalue weighted by molar-refractivity contribution is 7.80. The van der Waals surface area contributed by atoms with Gasteiger partial charge in [0.1, 0.15) is 5.75 Å². The number of thiocarbonyl (C=S) groups is 1. The van der Waals surface area contributed by atoms with Gasteiger partial charge in [0.15, 0.2) is 5.78 Å². The van der Waals surface area contributed by atoms with E-state index >= 15 is 0 Å². The van der Waals surface area contributed by atoms with Crippen LogP contribution in [-0.2, 0) is 9.53 Å². The molecule has 0 amide bonds. The fourth-order valence-electron chi connectivity index (χ4n) is 2.61. The summed E-state index contributed by atoms with van der Waals surface area (Å²) in [5.74, 6) is 0.597. The average Bonchev–Trinajstić information content (AvgIpc) is 2.59. The third kappa shape index (κ3) is 4.19. The lowest BCUT2D eigenvalue weighted by Gasteiger charge is -2.30. The van der Waals surface area contributed by atoms with Crippen molar-refractivity contribution >= 4 is 28.7 Å². The largest absolute Gasteiger partial charge is 0.496 e. The van der Waals surface area contributed by atoms with Crippen molar-refractivity contribution in [3.63, 3.8) is 0 Å². The van der Waals surface area contributed by atoms with E-state index < -0.39 is 0 Å². The number of rotatable bonds is 5. The maximum atomic E-state index is 12.2. The molecule has 0 bridgehead atoms. The van der Waals surface area contributed by atoms with Crippen molar-refractivity contribution in [2.45, 2.75) is 19.3 Å².